The molecule has 0 saturated carbocycles. The van der Waals surface area contributed by atoms with Crippen LogP contribution in [-0.4, -0.2) is 87.3 Å². The Morgan fingerprint density at radius 3 is 2.34 bits per heavy atom. The molecule has 9 heteroatoms. The quantitative estimate of drug-likeness (QED) is 0.547. The van der Waals surface area contributed by atoms with Gasteiger partial charge in [0.2, 0.25) is 0 Å². The Bertz CT molecular complexity index is 1320. The first-order valence-corrected chi connectivity index (χ1v) is 13.2. The fourth-order valence-electron chi connectivity index (χ4n) is 5.55. The molecule has 1 N–H and O–H groups in total. The number of ether oxygens (including phenoxy) is 1. The Morgan fingerprint density at radius 2 is 1.68 bits per heavy atom. The number of nitrogens with one attached hydrogen (secondary N) is 1. The molecule has 2 aliphatic rings. The molecular weight excluding hydrogens is 482 g/mol. The Hall–Kier alpha value is -3.72. The van der Waals surface area contributed by atoms with Gasteiger partial charge in [0.1, 0.15) is 11.8 Å². The van der Waals surface area contributed by atoms with E-state index in [-0.39, 0.29) is 12.0 Å². The first-order valence-electron chi connectivity index (χ1n) is 13.2. The molecule has 2 aliphatic heterocycles. The lowest BCUT2D eigenvalue weighted by Gasteiger charge is -2.43. The van der Waals surface area contributed by atoms with Gasteiger partial charge in [0.25, 0.3) is 5.91 Å². The average Bonchev–Trinajstić information content (AvgIpc) is 3.35. The Labute approximate surface area is 223 Å². The normalized spacial score (nSPS) is 20.6. The number of hydrogen-bond donors (Lipinski definition) is 1. The molecule has 2 atom stereocenters. The van der Waals surface area contributed by atoms with Gasteiger partial charge in [0.15, 0.2) is 0 Å². The van der Waals surface area contributed by atoms with Gasteiger partial charge in [-0.3, -0.25) is 9.69 Å². The van der Waals surface area contributed by atoms with Crippen LogP contribution in [0.15, 0.2) is 47.1 Å². The summed E-state index contributed by atoms with van der Waals surface area (Å²) in [6.07, 6.45) is 1.26. The van der Waals surface area contributed by atoms with Crippen molar-refractivity contribution in [1.82, 2.24) is 9.80 Å². The number of piperazine rings is 2. The molecule has 3 aromatic rings. The fraction of sp³-hybridized carbons (Fsp3) is 0.448. The van der Waals surface area contributed by atoms with E-state index < -0.39 is 0 Å². The number of fused-ring (bicyclic) bond motifs is 1. The number of carbonyl (C=O) groups is 2. The monoisotopic (exact) mass is 519 g/mol. The first-order chi connectivity index (χ1) is 18.2. The summed E-state index contributed by atoms with van der Waals surface area (Å²) in [6, 6.07) is 12.9. The van der Waals surface area contributed by atoms with Crippen LogP contribution in [0.3, 0.4) is 0 Å². The summed E-state index contributed by atoms with van der Waals surface area (Å²) in [4.78, 5) is 33.8. The number of rotatable bonds is 4. The summed E-state index contributed by atoms with van der Waals surface area (Å²) < 4.78 is 10.6. The number of likely N-dealkylation sites (N-methyl/N-ethyl adjacent to an activating group) is 1. The Morgan fingerprint density at radius 1 is 0.974 bits per heavy atom. The van der Waals surface area contributed by atoms with E-state index in [0.717, 1.165) is 54.2 Å². The number of methoxy groups -OCH3 is 1. The van der Waals surface area contributed by atoms with Crippen LogP contribution >= 0.6 is 0 Å². The van der Waals surface area contributed by atoms with Crippen molar-refractivity contribution in [3.05, 3.63) is 53.8 Å². The maximum Gasteiger partial charge on any atom is 0.409 e. The van der Waals surface area contributed by atoms with Crippen LogP contribution in [0, 0.1) is 6.92 Å². The van der Waals surface area contributed by atoms with E-state index in [2.05, 4.69) is 53.0 Å². The standard InChI is InChI=1S/C29H37N5O4/c1-19-14-22(6-8-26(19)32-10-12-33(13-11-32)29(36)37-5)30-28(35)25-18-38-27-9-7-23(15-24(25)27)34-16-20(2)31(4)21(3)17-34/h6-9,14-15,18,20-21H,10-13,16-17H2,1-5H3,(H,30,35). The van der Waals surface area contributed by atoms with Crippen molar-refractivity contribution in [3.8, 4) is 0 Å². The third-order valence-electron chi connectivity index (χ3n) is 8.03. The smallest absolute Gasteiger partial charge is 0.409 e. The average molecular weight is 520 g/mol. The predicted octanol–water partition coefficient (Wildman–Crippen LogP) is 4.41. The van der Waals surface area contributed by atoms with Crippen LogP contribution in [0.5, 0.6) is 0 Å². The first kappa shape index (κ1) is 25.9. The number of furan rings is 1. The molecule has 2 amide bonds. The van der Waals surface area contributed by atoms with E-state index in [4.69, 9.17) is 9.15 Å². The van der Waals surface area contributed by atoms with Crippen LogP contribution in [0.2, 0.25) is 0 Å². The zero-order valence-electron chi connectivity index (χ0n) is 22.9. The predicted molar refractivity (Wildman–Crippen MR) is 150 cm³/mol. The maximum absolute atomic E-state index is 13.3. The minimum Gasteiger partial charge on any atom is -0.463 e. The van der Waals surface area contributed by atoms with Gasteiger partial charge >= 0.3 is 6.09 Å². The van der Waals surface area contributed by atoms with E-state index in [0.29, 0.717) is 36.3 Å². The second-order valence-corrected chi connectivity index (χ2v) is 10.5. The number of carbonyl (C=O) groups excluding carboxylic acids is 2. The van der Waals surface area contributed by atoms with Crippen molar-refractivity contribution in [1.29, 1.82) is 0 Å². The molecule has 202 valence electrons. The molecule has 0 radical (unpaired) electrons. The zero-order chi connectivity index (χ0) is 27.0. The molecule has 0 bridgehead atoms. The van der Waals surface area contributed by atoms with Crippen molar-refractivity contribution in [2.24, 2.45) is 0 Å². The third kappa shape index (κ3) is 5.03. The molecule has 9 nitrogen and oxygen atoms in total. The van der Waals surface area contributed by atoms with Gasteiger partial charge in [0, 0.05) is 73.8 Å². The molecule has 3 heterocycles. The molecule has 38 heavy (non-hydrogen) atoms. The lowest BCUT2D eigenvalue weighted by atomic mass is 10.1. The third-order valence-corrected chi connectivity index (χ3v) is 8.03. The number of amides is 2. The highest BCUT2D eigenvalue weighted by molar-refractivity contribution is 6.12. The highest BCUT2D eigenvalue weighted by atomic mass is 16.5. The SMILES string of the molecule is COC(=O)N1CCN(c2ccc(NC(=O)c3coc4ccc(N5CC(C)N(C)C(C)C5)cc34)cc2C)CC1. The van der Waals surface area contributed by atoms with E-state index in [1.807, 2.05) is 31.2 Å². The molecule has 2 aromatic carbocycles. The number of aryl methyl sites for hydroxylation is 1. The number of benzene rings is 2. The highest BCUT2D eigenvalue weighted by Crippen LogP contribution is 2.30. The molecular formula is C29H37N5O4. The molecule has 2 unspecified atom stereocenters. The van der Waals surface area contributed by atoms with Gasteiger partial charge in [-0.15, -0.1) is 0 Å². The van der Waals surface area contributed by atoms with Gasteiger partial charge in [-0.05, 0) is 69.8 Å². The van der Waals surface area contributed by atoms with E-state index in [1.54, 1.807) is 11.2 Å². The number of nitrogens with zero attached hydrogens (tertiary/aromatic N) is 4. The fourth-order valence-corrected chi connectivity index (χ4v) is 5.55. The molecule has 5 rings (SSSR count). The van der Waals surface area contributed by atoms with Gasteiger partial charge < -0.3 is 29.2 Å². The molecule has 1 aromatic heterocycles. The molecule has 0 aliphatic carbocycles. The topological polar surface area (TPSA) is 81.5 Å². The largest absolute Gasteiger partial charge is 0.463 e. The second kappa shape index (κ2) is 10.6. The molecule has 2 saturated heterocycles. The van der Waals surface area contributed by atoms with Crippen molar-refractivity contribution in [2.45, 2.75) is 32.9 Å². The summed E-state index contributed by atoms with van der Waals surface area (Å²) in [6.45, 7) is 11.1. The Kier molecular flexibility index (Phi) is 7.21. The summed E-state index contributed by atoms with van der Waals surface area (Å²) >= 11 is 0. The van der Waals surface area contributed by atoms with E-state index in [9.17, 15) is 9.59 Å². The summed E-state index contributed by atoms with van der Waals surface area (Å²) in [5, 5.41) is 3.86. The van der Waals surface area contributed by atoms with Crippen LogP contribution in [-0.2, 0) is 4.74 Å². The van der Waals surface area contributed by atoms with Gasteiger partial charge in [-0.25, -0.2) is 4.79 Å². The van der Waals surface area contributed by atoms with Gasteiger partial charge in [0.05, 0.1) is 12.7 Å². The summed E-state index contributed by atoms with van der Waals surface area (Å²) in [7, 11) is 3.58. The van der Waals surface area contributed by atoms with Crippen LogP contribution in [0.4, 0.5) is 21.9 Å². The Balaban J connectivity index is 1.29. The lowest BCUT2D eigenvalue weighted by molar-refractivity contribution is 0.102. The molecule has 2 fully saturated rings. The summed E-state index contributed by atoms with van der Waals surface area (Å²) in [5.41, 5.74) is 5.22. The van der Waals surface area contributed by atoms with E-state index >= 15 is 0 Å². The molecule has 0 spiro atoms. The lowest BCUT2D eigenvalue weighted by Crippen LogP contribution is -2.55. The van der Waals surface area contributed by atoms with Crippen molar-refractivity contribution >= 4 is 40.0 Å². The summed E-state index contributed by atoms with van der Waals surface area (Å²) in [5.74, 6) is -0.195. The number of hydrogen-bond acceptors (Lipinski definition) is 7. The van der Waals surface area contributed by atoms with Crippen LogP contribution in [0.1, 0.15) is 29.8 Å². The number of anilines is 3. The maximum atomic E-state index is 13.3. The van der Waals surface area contributed by atoms with Crippen LogP contribution in [0.25, 0.3) is 11.0 Å². The van der Waals surface area contributed by atoms with Crippen molar-refractivity contribution in [2.75, 3.05) is 68.5 Å². The van der Waals surface area contributed by atoms with Crippen LogP contribution < -0.4 is 15.1 Å². The minimum absolute atomic E-state index is 0.195. The van der Waals surface area contributed by atoms with Gasteiger partial charge in [-0.1, -0.05) is 0 Å². The van der Waals surface area contributed by atoms with Gasteiger partial charge in [-0.2, -0.15) is 0 Å². The second-order valence-electron chi connectivity index (χ2n) is 10.5. The zero-order valence-corrected chi connectivity index (χ0v) is 22.9. The highest BCUT2D eigenvalue weighted by Gasteiger charge is 2.27. The van der Waals surface area contributed by atoms with E-state index in [1.165, 1.54) is 7.11 Å². The van der Waals surface area contributed by atoms with Crippen molar-refractivity contribution < 1.29 is 18.7 Å². The minimum atomic E-state index is -0.286. The van der Waals surface area contributed by atoms with Crippen molar-refractivity contribution in [3.63, 3.8) is 0 Å².